The highest BCUT2D eigenvalue weighted by Gasteiger charge is 2.10. The fourth-order valence-corrected chi connectivity index (χ4v) is 3.31. The number of nitrogens with one attached hydrogen (secondary N) is 2. The Kier molecular flexibility index (Phi) is 9.14. The van der Waals surface area contributed by atoms with Crippen molar-refractivity contribution in [3.05, 3.63) is 52.6 Å². The molecule has 0 aliphatic carbocycles. The number of aryl methyl sites for hydroxylation is 1. The topological polar surface area (TPSA) is 54.0 Å². The van der Waals surface area contributed by atoms with Gasteiger partial charge in [0.15, 0.2) is 0 Å². The smallest absolute Gasteiger partial charge is 0.226 e. The molecule has 136 valence electrons. The number of aromatic nitrogens is 1. The van der Waals surface area contributed by atoms with Crippen molar-refractivity contribution in [3.63, 3.8) is 0 Å². The lowest BCUT2D eigenvalue weighted by atomic mass is 10.1. The number of halogens is 2. The van der Waals surface area contributed by atoms with Gasteiger partial charge in [0, 0.05) is 24.0 Å². The first-order valence-corrected chi connectivity index (χ1v) is 8.75. The van der Waals surface area contributed by atoms with E-state index in [4.69, 9.17) is 0 Å². The van der Waals surface area contributed by atoms with Crippen molar-refractivity contribution in [2.75, 3.05) is 19.6 Å². The monoisotopic (exact) mass is 399 g/mol. The molecule has 25 heavy (non-hydrogen) atoms. The van der Waals surface area contributed by atoms with Crippen LogP contribution < -0.4 is 10.6 Å². The molecule has 0 atom stereocenters. The number of carbonyl (C=O) groups is 1. The van der Waals surface area contributed by atoms with E-state index in [0.717, 1.165) is 35.8 Å². The summed E-state index contributed by atoms with van der Waals surface area (Å²) in [4.78, 5) is 16.6. The second-order valence-electron chi connectivity index (χ2n) is 5.78. The van der Waals surface area contributed by atoms with Crippen LogP contribution in [0.4, 0.5) is 0 Å². The maximum Gasteiger partial charge on any atom is 0.226 e. The highest BCUT2D eigenvalue weighted by molar-refractivity contribution is 7.13. The van der Waals surface area contributed by atoms with E-state index in [2.05, 4.69) is 52.9 Å². The summed E-state index contributed by atoms with van der Waals surface area (Å²) < 4.78 is 0. The van der Waals surface area contributed by atoms with Crippen LogP contribution >= 0.6 is 36.2 Å². The quantitative estimate of drug-likeness (QED) is 0.755. The Bertz CT molecular complexity index is 713. The van der Waals surface area contributed by atoms with Gasteiger partial charge in [-0.25, -0.2) is 4.98 Å². The minimum absolute atomic E-state index is 0. The van der Waals surface area contributed by atoms with Gasteiger partial charge >= 0.3 is 0 Å². The summed E-state index contributed by atoms with van der Waals surface area (Å²) in [5, 5.41) is 9.19. The molecule has 4 nitrogen and oxygen atoms in total. The van der Waals surface area contributed by atoms with Crippen LogP contribution in [-0.2, 0) is 11.2 Å². The summed E-state index contributed by atoms with van der Waals surface area (Å²) in [6.07, 6.45) is 3.50. The molecule has 1 aromatic heterocycles. The fraction of sp³-hybridized carbons (Fsp3) is 0.333. The summed E-state index contributed by atoms with van der Waals surface area (Å²) >= 11 is 1.59. The van der Waals surface area contributed by atoms with Crippen LogP contribution in [0.2, 0.25) is 0 Å². The highest BCUT2D eigenvalue weighted by Crippen LogP contribution is 2.24. The van der Waals surface area contributed by atoms with Crippen molar-refractivity contribution in [3.8, 4) is 10.6 Å². The Morgan fingerprint density at radius 1 is 1.28 bits per heavy atom. The van der Waals surface area contributed by atoms with E-state index in [1.807, 2.05) is 5.38 Å². The van der Waals surface area contributed by atoms with Crippen LogP contribution in [0.15, 0.2) is 41.3 Å². The summed E-state index contributed by atoms with van der Waals surface area (Å²) in [5.41, 5.74) is 4.47. The zero-order chi connectivity index (χ0) is 16.1. The van der Waals surface area contributed by atoms with Gasteiger partial charge in [-0.2, -0.15) is 0 Å². The third kappa shape index (κ3) is 6.44. The second kappa shape index (κ2) is 10.6. The first kappa shape index (κ1) is 21.6. The number of benzene rings is 1. The molecule has 2 heterocycles. The molecular formula is C18H23Cl2N3OS. The summed E-state index contributed by atoms with van der Waals surface area (Å²) in [6, 6.07) is 8.30. The van der Waals surface area contributed by atoms with Crippen LogP contribution in [0.25, 0.3) is 10.6 Å². The molecule has 7 heteroatoms. The maximum atomic E-state index is 12.1. The lowest BCUT2D eigenvalue weighted by Gasteiger charge is -2.14. The minimum atomic E-state index is 0. The molecule has 1 aliphatic rings. The van der Waals surface area contributed by atoms with E-state index >= 15 is 0 Å². The summed E-state index contributed by atoms with van der Waals surface area (Å²) in [7, 11) is 0. The van der Waals surface area contributed by atoms with Crippen molar-refractivity contribution >= 4 is 42.1 Å². The molecular weight excluding hydrogens is 377 g/mol. The molecule has 0 bridgehead atoms. The highest BCUT2D eigenvalue weighted by atomic mass is 35.5. The molecule has 2 N–H and O–H groups in total. The predicted molar refractivity (Wildman–Crippen MR) is 109 cm³/mol. The Morgan fingerprint density at radius 3 is 2.72 bits per heavy atom. The lowest BCUT2D eigenvalue weighted by Crippen LogP contribution is -2.30. The van der Waals surface area contributed by atoms with E-state index in [1.165, 1.54) is 11.1 Å². The van der Waals surface area contributed by atoms with Gasteiger partial charge in [0.1, 0.15) is 5.01 Å². The number of hydrogen-bond donors (Lipinski definition) is 2. The molecule has 0 saturated carbocycles. The van der Waals surface area contributed by atoms with Crippen molar-refractivity contribution in [2.24, 2.45) is 0 Å². The summed E-state index contributed by atoms with van der Waals surface area (Å²) in [5.74, 6) is 0.0326. The van der Waals surface area contributed by atoms with Gasteiger partial charge in [-0.15, -0.1) is 36.2 Å². The van der Waals surface area contributed by atoms with E-state index in [9.17, 15) is 4.79 Å². The molecule has 0 saturated heterocycles. The zero-order valence-corrected chi connectivity index (χ0v) is 16.5. The first-order valence-electron chi connectivity index (χ1n) is 7.87. The number of thiazole rings is 1. The van der Waals surface area contributed by atoms with Crippen LogP contribution in [0, 0.1) is 6.92 Å². The normalized spacial score (nSPS) is 13.2. The third-order valence-electron chi connectivity index (χ3n) is 3.86. The SMILES string of the molecule is Cc1ccc(-c2nc(CC(=O)NCC3=CCNCC3)cs2)cc1.Cl.Cl. The van der Waals surface area contributed by atoms with Gasteiger partial charge < -0.3 is 10.6 Å². The van der Waals surface area contributed by atoms with Gasteiger partial charge in [-0.1, -0.05) is 41.5 Å². The van der Waals surface area contributed by atoms with Crippen LogP contribution in [0.1, 0.15) is 17.7 Å². The number of carbonyl (C=O) groups excluding carboxylic acids is 1. The van der Waals surface area contributed by atoms with Gasteiger partial charge in [0.25, 0.3) is 0 Å². The van der Waals surface area contributed by atoms with E-state index in [0.29, 0.717) is 13.0 Å². The fourth-order valence-electron chi connectivity index (χ4n) is 2.49. The molecule has 1 aromatic carbocycles. The lowest BCUT2D eigenvalue weighted by molar-refractivity contribution is -0.120. The van der Waals surface area contributed by atoms with Gasteiger partial charge in [0.2, 0.25) is 5.91 Å². The van der Waals surface area contributed by atoms with Crippen molar-refractivity contribution in [1.82, 2.24) is 15.6 Å². The van der Waals surface area contributed by atoms with Crippen molar-refractivity contribution in [2.45, 2.75) is 19.8 Å². The number of rotatable bonds is 5. The molecule has 1 amide bonds. The third-order valence-corrected chi connectivity index (χ3v) is 4.80. The Labute approximate surface area is 165 Å². The predicted octanol–water partition coefficient (Wildman–Crippen LogP) is 3.54. The number of amides is 1. The van der Waals surface area contributed by atoms with E-state index in [-0.39, 0.29) is 30.7 Å². The van der Waals surface area contributed by atoms with Gasteiger partial charge in [0.05, 0.1) is 12.1 Å². The van der Waals surface area contributed by atoms with Crippen LogP contribution in [0.3, 0.4) is 0 Å². The molecule has 0 radical (unpaired) electrons. The van der Waals surface area contributed by atoms with Gasteiger partial charge in [-0.3, -0.25) is 4.79 Å². The Balaban J connectivity index is 0.00000156. The first-order chi connectivity index (χ1) is 11.2. The maximum absolute atomic E-state index is 12.1. The molecule has 0 fully saturated rings. The van der Waals surface area contributed by atoms with Crippen LogP contribution in [-0.4, -0.2) is 30.5 Å². The van der Waals surface area contributed by atoms with Crippen LogP contribution in [0.5, 0.6) is 0 Å². The zero-order valence-electron chi connectivity index (χ0n) is 14.1. The van der Waals surface area contributed by atoms with Crippen molar-refractivity contribution in [1.29, 1.82) is 0 Å². The summed E-state index contributed by atoms with van der Waals surface area (Å²) in [6.45, 7) is 4.61. The Morgan fingerprint density at radius 2 is 2.04 bits per heavy atom. The second-order valence-corrected chi connectivity index (χ2v) is 6.64. The van der Waals surface area contributed by atoms with Crippen molar-refractivity contribution < 1.29 is 4.79 Å². The largest absolute Gasteiger partial charge is 0.352 e. The molecule has 0 unspecified atom stereocenters. The van der Waals surface area contributed by atoms with E-state index in [1.54, 1.807) is 11.3 Å². The van der Waals surface area contributed by atoms with Gasteiger partial charge in [-0.05, 0) is 19.9 Å². The molecule has 0 spiro atoms. The molecule has 1 aliphatic heterocycles. The molecule has 3 rings (SSSR count). The standard InChI is InChI=1S/C18H21N3OS.2ClH/c1-13-2-4-15(5-3-13)18-21-16(12-23-18)10-17(22)20-11-14-6-8-19-9-7-14;;/h2-6,12,19H,7-11H2,1H3,(H,20,22);2*1H. The minimum Gasteiger partial charge on any atom is -0.352 e. The average molecular weight is 400 g/mol. The Hall–Kier alpha value is -1.40. The molecule has 2 aromatic rings. The number of hydrogen-bond acceptors (Lipinski definition) is 4. The average Bonchev–Trinajstić information content (AvgIpc) is 3.03. The van der Waals surface area contributed by atoms with E-state index < -0.39 is 0 Å². The number of nitrogens with zero attached hydrogens (tertiary/aromatic N) is 1.